The number of ketones is 1. The number of Topliss-reactive ketones (excluding diaryl/α,β-unsaturated/α-hetero) is 1. The molecule has 3 heteroatoms. The van der Waals surface area contributed by atoms with Gasteiger partial charge in [0.25, 0.3) is 0 Å². The van der Waals surface area contributed by atoms with Crippen molar-refractivity contribution in [2.45, 2.75) is 19.8 Å². The standard InChI is InChI=1S/C16H15FO2/c1-11(18)5-6-12-7-8-15(19)10-16(12)13-3-2-4-14(17)9-13/h2-4,7-10,19H,5-6H2,1H3. The first kappa shape index (κ1) is 13.3. The Balaban J connectivity index is 2.42. The topological polar surface area (TPSA) is 37.3 Å². The normalized spacial score (nSPS) is 10.4. The third kappa shape index (κ3) is 3.41. The highest BCUT2D eigenvalue weighted by molar-refractivity contribution is 5.76. The molecule has 0 spiro atoms. The summed E-state index contributed by atoms with van der Waals surface area (Å²) in [6.45, 7) is 1.54. The molecule has 0 aromatic heterocycles. The maximum absolute atomic E-state index is 13.3. The van der Waals surface area contributed by atoms with E-state index in [4.69, 9.17) is 0 Å². The Morgan fingerprint density at radius 1 is 1.21 bits per heavy atom. The Bertz CT molecular complexity index is 605. The van der Waals surface area contributed by atoms with Crippen molar-refractivity contribution >= 4 is 5.78 Å². The molecule has 0 aliphatic carbocycles. The summed E-state index contributed by atoms with van der Waals surface area (Å²) < 4.78 is 13.3. The molecule has 0 aliphatic heterocycles. The number of benzene rings is 2. The van der Waals surface area contributed by atoms with Crippen molar-refractivity contribution in [1.82, 2.24) is 0 Å². The van der Waals surface area contributed by atoms with Crippen LogP contribution in [0.5, 0.6) is 5.75 Å². The summed E-state index contributed by atoms with van der Waals surface area (Å²) in [6, 6.07) is 11.2. The molecule has 2 aromatic carbocycles. The molecule has 0 fully saturated rings. The van der Waals surface area contributed by atoms with Gasteiger partial charge in [-0.1, -0.05) is 18.2 Å². The fraction of sp³-hybridized carbons (Fsp3) is 0.188. The number of rotatable bonds is 4. The van der Waals surface area contributed by atoms with Crippen molar-refractivity contribution in [3.63, 3.8) is 0 Å². The van der Waals surface area contributed by atoms with E-state index in [2.05, 4.69) is 0 Å². The first-order chi connectivity index (χ1) is 9.06. The lowest BCUT2D eigenvalue weighted by molar-refractivity contribution is -0.116. The first-order valence-electron chi connectivity index (χ1n) is 6.13. The zero-order valence-electron chi connectivity index (χ0n) is 10.7. The smallest absolute Gasteiger partial charge is 0.130 e. The van der Waals surface area contributed by atoms with Crippen LogP contribution in [0.4, 0.5) is 4.39 Å². The highest BCUT2D eigenvalue weighted by Crippen LogP contribution is 2.29. The average Bonchev–Trinajstić information content (AvgIpc) is 2.37. The Morgan fingerprint density at radius 3 is 2.68 bits per heavy atom. The molecule has 0 heterocycles. The lowest BCUT2D eigenvalue weighted by Crippen LogP contribution is -1.96. The van der Waals surface area contributed by atoms with Crippen LogP contribution >= 0.6 is 0 Å². The number of hydrogen-bond acceptors (Lipinski definition) is 2. The molecule has 19 heavy (non-hydrogen) atoms. The Labute approximate surface area is 111 Å². The molecule has 2 rings (SSSR count). The second kappa shape index (κ2) is 5.65. The van der Waals surface area contributed by atoms with E-state index in [0.29, 0.717) is 18.4 Å². The minimum absolute atomic E-state index is 0.110. The quantitative estimate of drug-likeness (QED) is 0.907. The van der Waals surface area contributed by atoms with Crippen LogP contribution in [0, 0.1) is 5.82 Å². The van der Waals surface area contributed by atoms with Crippen LogP contribution in [0.2, 0.25) is 0 Å². The van der Waals surface area contributed by atoms with Crippen molar-refractivity contribution in [2.75, 3.05) is 0 Å². The lowest BCUT2D eigenvalue weighted by Gasteiger charge is -2.10. The predicted octanol–water partition coefficient (Wildman–Crippen LogP) is 3.72. The van der Waals surface area contributed by atoms with E-state index in [1.165, 1.54) is 12.1 Å². The van der Waals surface area contributed by atoms with Gasteiger partial charge in [0.2, 0.25) is 0 Å². The number of hydrogen-bond donors (Lipinski definition) is 1. The van der Waals surface area contributed by atoms with E-state index in [-0.39, 0.29) is 17.3 Å². The summed E-state index contributed by atoms with van der Waals surface area (Å²) in [7, 11) is 0. The van der Waals surface area contributed by atoms with Gasteiger partial charge >= 0.3 is 0 Å². The van der Waals surface area contributed by atoms with Crippen LogP contribution in [-0.4, -0.2) is 10.9 Å². The Hall–Kier alpha value is -2.16. The summed E-state index contributed by atoms with van der Waals surface area (Å²) in [5.74, 6) is -0.0811. The molecule has 0 radical (unpaired) electrons. The minimum atomic E-state index is -0.321. The number of halogens is 1. The van der Waals surface area contributed by atoms with E-state index in [0.717, 1.165) is 11.1 Å². The van der Waals surface area contributed by atoms with Gasteiger partial charge in [0.05, 0.1) is 0 Å². The minimum Gasteiger partial charge on any atom is -0.508 e. The summed E-state index contributed by atoms with van der Waals surface area (Å²) in [6.07, 6.45) is 1.02. The fourth-order valence-corrected chi connectivity index (χ4v) is 2.02. The number of carbonyl (C=O) groups is 1. The third-order valence-electron chi connectivity index (χ3n) is 2.98. The Kier molecular flexibility index (Phi) is 3.95. The molecule has 98 valence electrons. The SMILES string of the molecule is CC(=O)CCc1ccc(O)cc1-c1cccc(F)c1. The van der Waals surface area contributed by atoms with Gasteiger partial charge in [-0.25, -0.2) is 4.39 Å². The monoisotopic (exact) mass is 258 g/mol. The zero-order chi connectivity index (χ0) is 13.8. The number of aromatic hydroxyl groups is 1. The van der Waals surface area contributed by atoms with Crippen LogP contribution in [0.1, 0.15) is 18.9 Å². The van der Waals surface area contributed by atoms with Crippen molar-refractivity contribution in [3.05, 3.63) is 53.8 Å². The third-order valence-corrected chi connectivity index (χ3v) is 2.98. The first-order valence-corrected chi connectivity index (χ1v) is 6.13. The molecule has 0 atom stereocenters. The van der Waals surface area contributed by atoms with Crippen molar-refractivity contribution in [1.29, 1.82) is 0 Å². The highest BCUT2D eigenvalue weighted by Gasteiger charge is 2.08. The number of phenols is 1. The maximum atomic E-state index is 13.3. The van der Waals surface area contributed by atoms with Gasteiger partial charge in [0.1, 0.15) is 17.3 Å². The molecular formula is C16H15FO2. The van der Waals surface area contributed by atoms with Gasteiger partial charge in [-0.2, -0.15) is 0 Å². The predicted molar refractivity (Wildman–Crippen MR) is 72.5 cm³/mol. The molecule has 0 amide bonds. The fourth-order valence-electron chi connectivity index (χ4n) is 2.02. The molecule has 0 unspecified atom stereocenters. The van der Waals surface area contributed by atoms with E-state index < -0.39 is 0 Å². The molecule has 2 aromatic rings. The zero-order valence-corrected chi connectivity index (χ0v) is 10.7. The molecule has 0 saturated carbocycles. The van der Waals surface area contributed by atoms with Crippen LogP contribution in [0.25, 0.3) is 11.1 Å². The molecular weight excluding hydrogens is 243 g/mol. The maximum Gasteiger partial charge on any atom is 0.130 e. The molecule has 0 saturated heterocycles. The summed E-state index contributed by atoms with van der Waals surface area (Å²) >= 11 is 0. The molecule has 0 aliphatic rings. The van der Waals surface area contributed by atoms with E-state index in [9.17, 15) is 14.3 Å². The summed E-state index contributed by atoms with van der Waals surface area (Å²) in [5, 5.41) is 9.58. The Morgan fingerprint density at radius 2 is 2.00 bits per heavy atom. The van der Waals surface area contributed by atoms with Gasteiger partial charge in [-0.3, -0.25) is 0 Å². The van der Waals surface area contributed by atoms with Crippen LogP contribution in [-0.2, 0) is 11.2 Å². The molecule has 1 N–H and O–H groups in total. The van der Waals surface area contributed by atoms with Gasteiger partial charge < -0.3 is 9.90 Å². The number of phenolic OH excluding ortho intramolecular Hbond substituents is 1. The van der Waals surface area contributed by atoms with Gasteiger partial charge in [-0.05, 0) is 54.3 Å². The van der Waals surface area contributed by atoms with Gasteiger partial charge in [0.15, 0.2) is 0 Å². The lowest BCUT2D eigenvalue weighted by atomic mass is 9.96. The molecule has 2 nitrogen and oxygen atoms in total. The highest BCUT2D eigenvalue weighted by atomic mass is 19.1. The van der Waals surface area contributed by atoms with Crippen LogP contribution in [0.15, 0.2) is 42.5 Å². The second-order valence-electron chi connectivity index (χ2n) is 4.55. The average molecular weight is 258 g/mol. The number of carbonyl (C=O) groups excluding carboxylic acids is 1. The number of aryl methyl sites for hydroxylation is 1. The van der Waals surface area contributed by atoms with Crippen molar-refractivity contribution < 1.29 is 14.3 Å². The van der Waals surface area contributed by atoms with Crippen molar-refractivity contribution in [2.24, 2.45) is 0 Å². The van der Waals surface area contributed by atoms with E-state index in [1.807, 2.05) is 0 Å². The van der Waals surface area contributed by atoms with E-state index in [1.54, 1.807) is 37.3 Å². The second-order valence-corrected chi connectivity index (χ2v) is 4.55. The van der Waals surface area contributed by atoms with Gasteiger partial charge in [-0.15, -0.1) is 0 Å². The summed E-state index contributed by atoms with van der Waals surface area (Å²) in [4.78, 5) is 11.1. The van der Waals surface area contributed by atoms with Crippen molar-refractivity contribution in [3.8, 4) is 16.9 Å². The van der Waals surface area contributed by atoms with Crippen LogP contribution < -0.4 is 0 Å². The summed E-state index contributed by atoms with van der Waals surface area (Å²) in [5.41, 5.74) is 2.40. The largest absolute Gasteiger partial charge is 0.508 e. The van der Waals surface area contributed by atoms with Gasteiger partial charge in [0, 0.05) is 6.42 Å². The van der Waals surface area contributed by atoms with Crippen LogP contribution in [0.3, 0.4) is 0 Å². The van der Waals surface area contributed by atoms with E-state index >= 15 is 0 Å². The molecule has 0 bridgehead atoms.